The van der Waals surface area contributed by atoms with Gasteiger partial charge in [0, 0.05) is 12.6 Å². The van der Waals surface area contributed by atoms with Gasteiger partial charge >= 0.3 is 0 Å². The molecule has 0 amide bonds. The zero-order valence-corrected chi connectivity index (χ0v) is 12.4. The van der Waals surface area contributed by atoms with E-state index in [2.05, 4.69) is 5.32 Å². The van der Waals surface area contributed by atoms with Crippen LogP contribution in [0.1, 0.15) is 24.5 Å². The number of hydrogen-bond donors (Lipinski definition) is 2. The molecule has 0 aliphatic heterocycles. The van der Waals surface area contributed by atoms with Crippen molar-refractivity contribution in [2.24, 2.45) is 0 Å². The van der Waals surface area contributed by atoms with Crippen molar-refractivity contribution in [3.63, 3.8) is 0 Å². The van der Waals surface area contributed by atoms with Gasteiger partial charge in [0.1, 0.15) is 0 Å². The Balaban J connectivity index is 2.72. The van der Waals surface area contributed by atoms with Gasteiger partial charge in [-0.3, -0.25) is 0 Å². The molecular formula is C14H23NO3S. The standard InChI is InChI=1S/C14H23NO3S/c1-3-15-14(8-9-16)11-19(17,18)10-13-7-5-4-6-12(13)2/h4-7,14-16H,3,8-11H2,1-2H3. The van der Waals surface area contributed by atoms with Crippen molar-refractivity contribution in [2.45, 2.75) is 32.1 Å². The lowest BCUT2D eigenvalue weighted by molar-refractivity contribution is 0.270. The van der Waals surface area contributed by atoms with E-state index in [9.17, 15) is 8.42 Å². The molecule has 1 atom stereocenters. The molecule has 5 heteroatoms. The van der Waals surface area contributed by atoms with Crippen LogP contribution < -0.4 is 5.32 Å². The van der Waals surface area contributed by atoms with Crippen molar-refractivity contribution >= 4 is 9.84 Å². The van der Waals surface area contributed by atoms with Gasteiger partial charge in [0.2, 0.25) is 0 Å². The fourth-order valence-corrected chi connectivity index (χ4v) is 3.88. The van der Waals surface area contributed by atoms with Crippen molar-refractivity contribution in [1.29, 1.82) is 0 Å². The Labute approximate surface area is 115 Å². The molecule has 0 fully saturated rings. The summed E-state index contributed by atoms with van der Waals surface area (Å²) in [5.74, 6) is 0.128. The lowest BCUT2D eigenvalue weighted by atomic mass is 10.1. The molecule has 2 N–H and O–H groups in total. The second-order valence-corrected chi connectivity index (χ2v) is 6.86. The summed E-state index contributed by atoms with van der Waals surface area (Å²) in [5.41, 5.74) is 1.84. The predicted octanol–water partition coefficient (Wildman–Crippen LogP) is 1.27. The van der Waals surface area contributed by atoms with E-state index < -0.39 is 9.84 Å². The van der Waals surface area contributed by atoms with E-state index in [1.165, 1.54) is 0 Å². The van der Waals surface area contributed by atoms with Crippen LogP contribution in [0.5, 0.6) is 0 Å². The van der Waals surface area contributed by atoms with Gasteiger partial charge in [-0.2, -0.15) is 0 Å². The first-order valence-corrected chi connectivity index (χ1v) is 8.40. The Morgan fingerprint density at radius 3 is 2.58 bits per heavy atom. The normalized spacial score (nSPS) is 13.4. The molecule has 0 aliphatic carbocycles. The first kappa shape index (κ1) is 16.1. The second kappa shape index (κ2) is 7.62. The minimum Gasteiger partial charge on any atom is -0.396 e. The summed E-state index contributed by atoms with van der Waals surface area (Å²) < 4.78 is 24.4. The summed E-state index contributed by atoms with van der Waals surface area (Å²) in [6.45, 7) is 4.54. The highest BCUT2D eigenvalue weighted by Gasteiger charge is 2.19. The van der Waals surface area contributed by atoms with Crippen LogP contribution in [0.2, 0.25) is 0 Å². The molecule has 0 aliphatic rings. The number of nitrogens with one attached hydrogen (secondary N) is 1. The van der Waals surface area contributed by atoms with Crippen LogP contribution in [0.4, 0.5) is 0 Å². The molecule has 1 aromatic carbocycles. The molecule has 0 saturated heterocycles. The molecule has 0 heterocycles. The molecule has 19 heavy (non-hydrogen) atoms. The van der Waals surface area contributed by atoms with Crippen molar-refractivity contribution in [2.75, 3.05) is 18.9 Å². The predicted molar refractivity (Wildman–Crippen MR) is 77.8 cm³/mol. The molecule has 0 aromatic heterocycles. The van der Waals surface area contributed by atoms with Crippen LogP contribution in [0.25, 0.3) is 0 Å². The number of hydrogen-bond acceptors (Lipinski definition) is 4. The zero-order valence-electron chi connectivity index (χ0n) is 11.6. The number of aliphatic hydroxyl groups excluding tert-OH is 1. The summed E-state index contributed by atoms with van der Waals surface area (Å²) in [6.07, 6.45) is 0.459. The van der Waals surface area contributed by atoms with Gasteiger partial charge in [0.25, 0.3) is 0 Å². The minimum absolute atomic E-state index is 0.00243. The molecular weight excluding hydrogens is 262 g/mol. The number of rotatable bonds is 8. The molecule has 108 valence electrons. The fourth-order valence-electron chi connectivity index (χ4n) is 2.06. The van der Waals surface area contributed by atoms with Gasteiger partial charge in [-0.15, -0.1) is 0 Å². The number of aliphatic hydroxyl groups is 1. The van der Waals surface area contributed by atoms with E-state index >= 15 is 0 Å². The molecule has 1 rings (SSSR count). The average Bonchev–Trinajstić information content (AvgIpc) is 2.32. The average molecular weight is 285 g/mol. The molecule has 0 radical (unpaired) electrons. The maximum absolute atomic E-state index is 12.2. The summed E-state index contributed by atoms with van der Waals surface area (Å²) >= 11 is 0. The first-order valence-electron chi connectivity index (χ1n) is 6.57. The van der Waals surface area contributed by atoms with E-state index in [0.29, 0.717) is 13.0 Å². The maximum atomic E-state index is 12.2. The third-order valence-corrected chi connectivity index (χ3v) is 4.72. The third-order valence-electron chi connectivity index (χ3n) is 3.06. The second-order valence-electron chi connectivity index (χ2n) is 4.75. The van der Waals surface area contributed by atoms with Crippen molar-refractivity contribution in [3.8, 4) is 0 Å². The van der Waals surface area contributed by atoms with Gasteiger partial charge in [0.15, 0.2) is 9.84 Å². The van der Waals surface area contributed by atoms with Gasteiger partial charge in [-0.25, -0.2) is 8.42 Å². The molecule has 0 spiro atoms. The Bertz CT molecular complexity index is 479. The number of sulfone groups is 1. The number of benzene rings is 1. The molecule has 0 bridgehead atoms. The van der Waals surface area contributed by atoms with Gasteiger partial charge in [0.05, 0.1) is 11.5 Å². The highest BCUT2D eigenvalue weighted by Crippen LogP contribution is 2.13. The minimum atomic E-state index is -3.17. The highest BCUT2D eigenvalue weighted by molar-refractivity contribution is 7.90. The van der Waals surface area contributed by atoms with Gasteiger partial charge in [-0.05, 0) is 31.0 Å². The molecule has 4 nitrogen and oxygen atoms in total. The van der Waals surface area contributed by atoms with Crippen molar-refractivity contribution < 1.29 is 13.5 Å². The Morgan fingerprint density at radius 1 is 1.32 bits per heavy atom. The lowest BCUT2D eigenvalue weighted by Crippen LogP contribution is -2.36. The van der Waals surface area contributed by atoms with Crippen LogP contribution in [-0.4, -0.2) is 38.5 Å². The monoisotopic (exact) mass is 285 g/mol. The van der Waals surface area contributed by atoms with E-state index in [-0.39, 0.29) is 24.2 Å². The summed E-state index contributed by atoms with van der Waals surface area (Å²) in [4.78, 5) is 0. The van der Waals surface area contributed by atoms with E-state index in [4.69, 9.17) is 5.11 Å². The van der Waals surface area contributed by atoms with E-state index in [1.807, 2.05) is 38.1 Å². The largest absolute Gasteiger partial charge is 0.396 e. The van der Waals surface area contributed by atoms with Crippen LogP contribution in [0, 0.1) is 6.92 Å². The molecule has 1 unspecified atom stereocenters. The smallest absolute Gasteiger partial charge is 0.155 e. The van der Waals surface area contributed by atoms with Gasteiger partial charge < -0.3 is 10.4 Å². The van der Waals surface area contributed by atoms with Crippen LogP contribution >= 0.6 is 0 Å². The van der Waals surface area contributed by atoms with Crippen LogP contribution in [0.15, 0.2) is 24.3 Å². The molecule has 0 saturated carbocycles. The SMILES string of the molecule is CCNC(CCO)CS(=O)(=O)Cc1ccccc1C. The van der Waals surface area contributed by atoms with E-state index in [1.54, 1.807) is 0 Å². The Morgan fingerprint density at radius 2 is 2.00 bits per heavy atom. The fraction of sp³-hybridized carbons (Fsp3) is 0.571. The Kier molecular flexibility index (Phi) is 6.48. The van der Waals surface area contributed by atoms with Crippen LogP contribution in [-0.2, 0) is 15.6 Å². The zero-order chi connectivity index (χ0) is 14.3. The van der Waals surface area contributed by atoms with Gasteiger partial charge in [-0.1, -0.05) is 31.2 Å². The Hall–Kier alpha value is -0.910. The molecule has 1 aromatic rings. The van der Waals surface area contributed by atoms with E-state index in [0.717, 1.165) is 11.1 Å². The third kappa shape index (κ3) is 5.72. The summed E-state index contributed by atoms with van der Waals surface area (Å²) in [5, 5.41) is 12.1. The van der Waals surface area contributed by atoms with Crippen molar-refractivity contribution in [1.82, 2.24) is 5.32 Å². The lowest BCUT2D eigenvalue weighted by Gasteiger charge is -2.17. The first-order chi connectivity index (χ1) is 8.98. The highest BCUT2D eigenvalue weighted by atomic mass is 32.2. The number of aryl methyl sites for hydroxylation is 1. The maximum Gasteiger partial charge on any atom is 0.155 e. The quantitative estimate of drug-likeness (QED) is 0.755. The topological polar surface area (TPSA) is 66.4 Å². The van der Waals surface area contributed by atoms with Crippen molar-refractivity contribution in [3.05, 3.63) is 35.4 Å². The van der Waals surface area contributed by atoms with Crippen LogP contribution in [0.3, 0.4) is 0 Å². The summed E-state index contributed by atoms with van der Waals surface area (Å²) in [6, 6.07) is 7.34. The summed E-state index contributed by atoms with van der Waals surface area (Å²) in [7, 11) is -3.17.